The van der Waals surface area contributed by atoms with Crippen LogP contribution < -0.4 is 4.74 Å². The van der Waals surface area contributed by atoms with Crippen molar-refractivity contribution in [2.45, 2.75) is 25.6 Å². The SMILES string of the molecule is CC(C)(O)c1cccc(OC2CSC2)c1. The minimum absolute atomic E-state index is 0.354. The molecule has 1 heterocycles. The highest BCUT2D eigenvalue weighted by Crippen LogP contribution is 2.27. The molecule has 0 unspecified atom stereocenters. The molecular weight excluding hydrogens is 208 g/mol. The normalized spacial score (nSPS) is 17.3. The molecule has 0 spiro atoms. The van der Waals surface area contributed by atoms with Gasteiger partial charge in [0.15, 0.2) is 0 Å². The average Bonchev–Trinajstić information content (AvgIpc) is 2.11. The van der Waals surface area contributed by atoms with Crippen molar-refractivity contribution < 1.29 is 9.84 Å². The summed E-state index contributed by atoms with van der Waals surface area (Å²) in [5.41, 5.74) is 0.0975. The highest BCUT2D eigenvalue weighted by atomic mass is 32.2. The number of aliphatic hydroxyl groups is 1. The summed E-state index contributed by atoms with van der Waals surface area (Å²) in [7, 11) is 0. The van der Waals surface area contributed by atoms with Crippen molar-refractivity contribution >= 4 is 11.8 Å². The Kier molecular flexibility index (Phi) is 2.94. The van der Waals surface area contributed by atoms with Gasteiger partial charge in [-0.05, 0) is 31.5 Å². The van der Waals surface area contributed by atoms with Gasteiger partial charge < -0.3 is 9.84 Å². The van der Waals surface area contributed by atoms with E-state index >= 15 is 0 Å². The zero-order chi connectivity index (χ0) is 10.9. The second-order valence-corrected chi connectivity index (χ2v) is 5.44. The molecule has 0 aromatic heterocycles. The van der Waals surface area contributed by atoms with Gasteiger partial charge in [0.2, 0.25) is 0 Å². The van der Waals surface area contributed by atoms with E-state index in [-0.39, 0.29) is 0 Å². The third-order valence-electron chi connectivity index (χ3n) is 2.45. The fourth-order valence-corrected chi connectivity index (χ4v) is 1.99. The molecule has 15 heavy (non-hydrogen) atoms. The van der Waals surface area contributed by atoms with Crippen LogP contribution in [0.1, 0.15) is 19.4 Å². The molecule has 1 saturated heterocycles. The number of hydrogen-bond acceptors (Lipinski definition) is 3. The second-order valence-electron chi connectivity index (χ2n) is 4.36. The summed E-state index contributed by atoms with van der Waals surface area (Å²) < 4.78 is 5.75. The first-order valence-corrected chi connectivity index (χ1v) is 6.28. The summed E-state index contributed by atoms with van der Waals surface area (Å²) in [6.45, 7) is 3.57. The van der Waals surface area contributed by atoms with Gasteiger partial charge in [0, 0.05) is 11.5 Å². The summed E-state index contributed by atoms with van der Waals surface area (Å²) in [6, 6.07) is 7.71. The van der Waals surface area contributed by atoms with Gasteiger partial charge in [-0.25, -0.2) is 0 Å². The molecule has 2 nitrogen and oxygen atoms in total. The largest absolute Gasteiger partial charge is 0.489 e. The Balaban J connectivity index is 2.11. The smallest absolute Gasteiger partial charge is 0.120 e. The highest BCUT2D eigenvalue weighted by Gasteiger charge is 2.21. The van der Waals surface area contributed by atoms with Crippen LogP contribution in [0.25, 0.3) is 0 Å². The van der Waals surface area contributed by atoms with Crippen molar-refractivity contribution in [1.82, 2.24) is 0 Å². The highest BCUT2D eigenvalue weighted by molar-refractivity contribution is 8.00. The van der Waals surface area contributed by atoms with Crippen molar-refractivity contribution in [2.75, 3.05) is 11.5 Å². The Morgan fingerprint density at radius 2 is 2.13 bits per heavy atom. The Hall–Kier alpha value is -0.670. The first-order valence-electron chi connectivity index (χ1n) is 5.13. The zero-order valence-corrected chi connectivity index (χ0v) is 9.88. The quantitative estimate of drug-likeness (QED) is 0.855. The van der Waals surface area contributed by atoms with Crippen molar-refractivity contribution in [3.05, 3.63) is 29.8 Å². The minimum atomic E-state index is -0.798. The Morgan fingerprint density at radius 3 is 2.67 bits per heavy atom. The molecule has 2 rings (SSSR count). The molecule has 0 bridgehead atoms. The first kappa shape index (κ1) is 10.8. The van der Waals surface area contributed by atoms with Gasteiger partial charge in [-0.1, -0.05) is 12.1 Å². The van der Waals surface area contributed by atoms with E-state index in [1.54, 1.807) is 13.8 Å². The zero-order valence-electron chi connectivity index (χ0n) is 9.06. The topological polar surface area (TPSA) is 29.5 Å². The van der Waals surface area contributed by atoms with Gasteiger partial charge in [0.05, 0.1) is 5.60 Å². The fraction of sp³-hybridized carbons (Fsp3) is 0.500. The van der Waals surface area contributed by atoms with E-state index in [1.165, 1.54) is 0 Å². The van der Waals surface area contributed by atoms with E-state index in [2.05, 4.69) is 0 Å². The summed E-state index contributed by atoms with van der Waals surface area (Å²) in [5, 5.41) is 9.86. The third kappa shape index (κ3) is 2.67. The van der Waals surface area contributed by atoms with Crippen LogP contribution in [0, 0.1) is 0 Å². The van der Waals surface area contributed by atoms with Crippen molar-refractivity contribution in [3.63, 3.8) is 0 Å². The molecule has 0 amide bonds. The molecule has 0 aliphatic carbocycles. The van der Waals surface area contributed by atoms with Crippen molar-refractivity contribution in [2.24, 2.45) is 0 Å². The predicted molar refractivity (Wildman–Crippen MR) is 63.4 cm³/mol. The Bertz CT molecular complexity index is 340. The molecular formula is C12H16O2S. The molecule has 1 aromatic carbocycles. The number of thioether (sulfide) groups is 1. The van der Waals surface area contributed by atoms with Crippen LogP contribution in [0.4, 0.5) is 0 Å². The van der Waals surface area contributed by atoms with Gasteiger partial charge in [0.1, 0.15) is 11.9 Å². The second kappa shape index (κ2) is 4.06. The van der Waals surface area contributed by atoms with Crippen LogP contribution in [-0.4, -0.2) is 22.7 Å². The number of benzene rings is 1. The molecule has 1 aliphatic heterocycles. The van der Waals surface area contributed by atoms with Gasteiger partial charge >= 0.3 is 0 Å². The summed E-state index contributed by atoms with van der Waals surface area (Å²) >= 11 is 1.90. The van der Waals surface area contributed by atoms with E-state index in [4.69, 9.17) is 4.74 Å². The maximum Gasteiger partial charge on any atom is 0.120 e. The summed E-state index contributed by atoms with van der Waals surface area (Å²) in [5.74, 6) is 3.01. The van der Waals surface area contributed by atoms with Crippen LogP contribution in [-0.2, 0) is 5.60 Å². The van der Waals surface area contributed by atoms with Crippen LogP contribution in [0.5, 0.6) is 5.75 Å². The van der Waals surface area contributed by atoms with E-state index in [0.29, 0.717) is 6.10 Å². The lowest BCUT2D eigenvalue weighted by atomic mass is 9.98. The standard InChI is InChI=1S/C12H16O2S/c1-12(2,13)9-4-3-5-10(6-9)14-11-7-15-8-11/h3-6,11,13H,7-8H2,1-2H3. The molecule has 1 aliphatic rings. The van der Waals surface area contributed by atoms with Gasteiger partial charge in [-0.3, -0.25) is 0 Å². The van der Waals surface area contributed by atoms with Gasteiger partial charge in [-0.15, -0.1) is 0 Å². The third-order valence-corrected chi connectivity index (χ3v) is 3.67. The average molecular weight is 224 g/mol. The molecule has 0 atom stereocenters. The van der Waals surface area contributed by atoms with Crippen LogP contribution in [0.15, 0.2) is 24.3 Å². The molecule has 82 valence electrons. The van der Waals surface area contributed by atoms with Crippen LogP contribution in [0.3, 0.4) is 0 Å². The maximum absolute atomic E-state index is 9.86. The lowest BCUT2D eigenvalue weighted by Crippen LogP contribution is -2.31. The van der Waals surface area contributed by atoms with E-state index in [9.17, 15) is 5.11 Å². The molecule has 0 radical (unpaired) electrons. The number of hydrogen-bond donors (Lipinski definition) is 1. The van der Waals surface area contributed by atoms with Crippen LogP contribution in [0.2, 0.25) is 0 Å². The Labute approximate surface area is 94.6 Å². The number of rotatable bonds is 3. The predicted octanol–water partition coefficient (Wildman–Crippen LogP) is 2.41. The number of ether oxygens (including phenoxy) is 1. The Morgan fingerprint density at radius 1 is 1.40 bits per heavy atom. The monoisotopic (exact) mass is 224 g/mol. The van der Waals surface area contributed by atoms with E-state index in [1.807, 2.05) is 36.0 Å². The van der Waals surface area contributed by atoms with E-state index < -0.39 is 5.60 Å². The fourth-order valence-electron chi connectivity index (χ4n) is 1.42. The van der Waals surface area contributed by atoms with Crippen molar-refractivity contribution in [1.29, 1.82) is 0 Å². The summed E-state index contributed by atoms with van der Waals surface area (Å²) in [4.78, 5) is 0. The molecule has 1 N–H and O–H groups in total. The molecule has 0 saturated carbocycles. The van der Waals surface area contributed by atoms with Crippen molar-refractivity contribution in [3.8, 4) is 5.75 Å². The molecule has 3 heteroatoms. The first-order chi connectivity index (χ1) is 7.05. The molecule has 1 aromatic rings. The molecule has 1 fully saturated rings. The van der Waals surface area contributed by atoms with E-state index in [0.717, 1.165) is 22.8 Å². The van der Waals surface area contributed by atoms with Gasteiger partial charge in [0.25, 0.3) is 0 Å². The minimum Gasteiger partial charge on any atom is -0.489 e. The van der Waals surface area contributed by atoms with Crippen LogP contribution >= 0.6 is 11.8 Å². The lowest BCUT2D eigenvalue weighted by Gasteiger charge is -2.26. The maximum atomic E-state index is 9.86. The van der Waals surface area contributed by atoms with Gasteiger partial charge in [-0.2, -0.15) is 11.8 Å². The summed E-state index contributed by atoms with van der Waals surface area (Å²) in [6.07, 6.45) is 0.354. The lowest BCUT2D eigenvalue weighted by molar-refractivity contribution is 0.0781.